The molecule has 18 heavy (non-hydrogen) atoms. The number of nitrogens with one attached hydrogen (secondary N) is 1. The topological polar surface area (TPSA) is 74.5 Å². The van der Waals surface area contributed by atoms with Crippen molar-refractivity contribution in [3.63, 3.8) is 0 Å². The summed E-state index contributed by atoms with van der Waals surface area (Å²) in [5.74, 6) is 5.21. The summed E-state index contributed by atoms with van der Waals surface area (Å²) >= 11 is 0. The maximum atomic E-state index is 12.1. The molecule has 0 aliphatic rings. The third-order valence-electron chi connectivity index (χ3n) is 2.59. The first-order valence-electron chi connectivity index (χ1n) is 5.87. The maximum absolute atomic E-state index is 12.1. The summed E-state index contributed by atoms with van der Waals surface area (Å²) in [6, 6.07) is 3.35. The molecule has 0 radical (unpaired) electrons. The maximum Gasteiger partial charge on any atom is 0.272 e. The summed E-state index contributed by atoms with van der Waals surface area (Å²) < 4.78 is 0. The lowest BCUT2D eigenvalue weighted by molar-refractivity contribution is 0.0785. The van der Waals surface area contributed by atoms with Gasteiger partial charge in [0.25, 0.3) is 5.91 Å². The molecule has 0 aliphatic heterocycles. The summed E-state index contributed by atoms with van der Waals surface area (Å²) in [5.41, 5.74) is 3.58. The Morgan fingerprint density at radius 3 is 2.72 bits per heavy atom. The van der Waals surface area contributed by atoms with Crippen LogP contribution in [-0.2, 0) is 0 Å². The van der Waals surface area contributed by atoms with Crippen molar-refractivity contribution in [3.05, 3.63) is 24.0 Å². The molecule has 1 heterocycles. The Morgan fingerprint density at radius 1 is 1.39 bits per heavy atom. The van der Waals surface area contributed by atoms with Gasteiger partial charge in [-0.2, -0.15) is 0 Å². The van der Waals surface area contributed by atoms with Crippen molar-refractivity contribution in [2.45, 2.75) is 6.42 Å². The van der Waals surface area contributed by atoms with Crippen LogP contribution in [0.4, 0.5) is 5.69 Å². The van der Waals surface area contributed by atoms with E-state index in [0.29, 0.717) is 17.9 Å². The van der Waals surface area contributed by atoms with Gasteiger partial charge in [0.2, 0.25) is 0 Å². The van der Waals surface area contributed by atoms with E-state index >= 15 is 0 Å². The van der Waals surface area contributed by atoms with Crippen molar-refractivity contribution in [2.24, 2.45) is 5.84 Å². The van der Waals surface area contributed by atoms with Gasteiger partial charge in [0.05, 0.1) is 5.69 Å². The second kappa shape index (κ2) is 6.93. The van der Waals surface area contributed by atoms with Crippen LogP contribution in [-0.4, -0.2) is 54.9 Å². The number of anilines is 1. The standard InChI is InChI=1S/C12H21N5O/c1-16(2)7-4-8-17(3)12(18)11-9-10(15-13)5-6-14-11/h5-6,9H,4,7-8,13H2,1-3H3,(H,14,15). The Morgan fingerprint density at radius 2 is 2.11 bits per heavy atom. The summed E-state index contributed by atoms with van der Waals surface area (Å²) in [6.07, 6.45) is 2.50. The summed E-state index contributed by atoms with van der Waals surface area (Å²) in [7, 11) is 5.81. The van der Waals surface area contributed by atoms with Crippen molar-refractivity contribution in [1.82, 2.24) is 14.8 Å². The molecule has 0 saturated carbocycles. The fraction of sp³-hybridized carbons (Fsp3) is 0.500. The van der Waals surface area contributed by atoms with Gasteiger partial charge in [0, 0.05) is 19.8 Å². The molecule has 6 nitrogen and oxygen atoms in total. The average Bonchev–Trinajstić information content (AvgIpc) is 2.37. The van der Waals surface area contributed by atoms with Gasteiger partial charge < -0.3 is 15.2 Å². The van der Waals surface area contributed by atoms with E-state index in [9.17, 15) is 4.79 Å². The van der Waals surface area contributed by atoms with E-state index in [0.717, 1.165) is 13.0 Å². The number of hydrogen-bond acceptors (Lipinski definition) is 5. The molecular weight excluding hydrogens is 230 g/mol. The lowest BCUT2D eigenvalue weighted by Gasteiger charge is -2.18. The second-order valence-electron chi connectivity index (χ2n) is 4.46. The normalized spacial score (nSPS) is 10.5. The Kier molecular flexibility index (Phi) is 5.54. The van der Waals surface area contributed by atoms with Crippen molar-refractivity contribution in [3.8, 4) is 0 Å². The van der Waals surface area contributed by atoms with Crippen molar-refractivity contribution >= 4 is 11.6 Å². The van der Waals surface area contributed by atoms with Crippen LogP contribution >= 0.6 is 0 Å². The molecule has 0 bridgehead atoms. The number of amides is 1. The Hall–Kier alpha value is -1.66. The van der Waals surface area contributed by atoms with E-state index in [1.165, 1.54) is 0 Å². The number of aromatic nitrogens is 1. The molecule has 3 N–H and O–H groups in total. The van der Waals surface area contributed by atoms with Gasteiger partial charge in [0.1, 0.15) is 5.69 Å². The minimum Gasteiger partial charge on any atom is -0.340 e. The second-order valence-corrected chi connectivity index (χ2v) is 4.46. The highest BCUT2D eigenvalue weighted by molar-refractivity contribution is 5.92. The van der Waals surface area contributed by atoms with Gasteiger partial charge in [-0.3, -0.25) is 15.6 Å². The van der Waals surface area contributed by atoms with Crippen LogP contribution in [0, 0.1) is 0 Å². The highest BCUT2D eigenvalue weighted by atomic mass is 16.2. The zero-order valence-electron chi connectivity index (χ0n) is 11.2. The summed E-state index contributed by atoms with van der Waals surface area (Å²) in [5, 5.41) is 0. The smallest absolute Gasteiger partial charge is 0.272 e. The molecule has 1 aromatic heterocycles. The molecule has 0 fully saturated rings. The predicted octanol–water partition coefficient (Wildman–Crippen LogP) is 0.391. The minimum atomic E-state index is -0.0918. The molecule has 0 aliphatic carbocycles. The molecule has 0 aromatic carbocycles. The molecule has 1 amide bonds. The van der Waals surface area contributed by atoms with Gasteiger partial charge in [-0.25, -0.2) is 0 Å². The SMILES string of the molecule is CN(C)CCCN(C)C(=O)c1cc(NN)ccn1. The van der Waals surface area contributed by atoms with Crippen LogP contribution in [0.2, 0.25) is 0 Å². The van der Waals surface area contributed by atoms with E-state index in [1.54, 1.807) is 30.3 Å². The van der Waals surface area contributed by atoms with Gasteiger partial charge in [0.15, 0.2) is 0 Å². The molecule has 0 saturated heterocycles. The molecule has 0 atom stereocenters. The molecule has 0 spiro atoms. The number of pyridine rings is 1. The molecule has 1 aromatic rings. The quantitative estimate of drug-likeness (QED) is 0.565. The molecular formula is C12H21N5O. The number of carbonyl (C=O) groups excluding carboxylic acids is 1. The van der Waals surface area contributed by atoms with Crippen LogP contribution in [0.1, 0.15) is 16.9 Å². The van der Waals surface area contributed by atoms with E-state index in [-0.39, 0.29) is 5.91 Å². The van der Waals surface area contributed by atoms with E-state index in [1.807, 2.05) is 14.1 Å². The summed E-state index contributed by atoms with van der Waals surface area (Å²) in [6.45, 7) is 1.66. The number of rotatable bonds is 6. The highest BCUT2D eigenvalue weighted by Gasteiger charge is 2.13. The first kappa shape index (κ1) is 14.4. The highest BCUT2D eigenvalue weighted by Crippen LogP contribution is 2.08. The molecule has 100 valence electrons. The van der Waals surface area contributed by atoms with Crippen molar-refractivity contribution < 1.29 is 4.79 Å². The van der Waals surface area contributed by atoms with E-state index < -0.39 is 0 Å². The first-order chi connectivity index (χ1) is 8.54. The Labute approximate surface area is 108 Å². The lowest BCUT2D eigenvalue weighted by Crippen LogP contribution is -2.30. The number of nitrogen functional groups attached to an aromatic ring is 1. The predicted molar refractivity (Wildman–Crippen MR) is 72.2 cm³/mol. The fourth-order valence-electron chi connectivity index (χ4n) is 1.56. The largest absolute Gasteiger partial charge is 0.340 e. The molecule has 1 rings (SSSR count). The monoisotopic (exact) mass is 251 g/mol. The minimum absolute atomic E-state index is 0.0918. The van der Waals surface area contributed by atoms with Crippen LogP contribution in [0.25, 0.3) is 0 Å². The van der Waals surface area contributed by atoms with Crippen molar-refractivity contribution in [1.29, 1.82) is 0 Å². The molecule has 6 heteroatoms. The van der Waals surface area contributed by atoms with Gasteiger partial charge in [-0.15, -0.1) is 0 Å². The number of hydrazine groups is 1. The van der Waals surface area contributed by atoms with Gasteiger partial charge in [-0.05, 0) is 39.2 Å². The summed E-state index contributed by atoms with van der Waals surface area (Å²) in [4.78, 5) is 19.9. The van der Waals surface area contributed by atoms with Gasteiger partial charge in [-0.1, -0.05) is 0 Å². The van der Waals surface area contributed by atoms with E-state index in [4.69, 9.17) is 5.84 Å². The fourth-order valence-corrected chi connectivity index (χ4v) is 1.56. The Bertz CT molecular complexity index is 394. The third-order valence-corrected chi connectivity index (χ3v) is 2.59. The molecule has 0 unspecified atom stereocenters. The Balaban J connectivity index is 2.56. The van der Waals surface area contributed by atoms with Crippen molar-refractivity contribution in [2.75, 3.05) is 39.7 Å². The van der Waals surface area contributed by atoms with Gasteiger partial charge >= 0.3 is 0 Å². The van der Waals surface area contributed by atoms with Crippen LogP contribution in [0.15, 0.2) is 18.3 Å². The van der Waals surface area contributed by atoms with Crippen LogP contribution in [0.3, 0.4) is 0 Å². The number of carbonyl (C=O) groups is 1. The number of nitrogens with zero attached hydrogens (tertiary/aromatic N) is 3. The lowest BCUT2D eigenvalue weighted by atomic mass is 10.3. The van der Waals surface area contributed by atoms with E-state index in [2.05, 4.69) is 15.3 Å². The number of nitrogens with two attached hydrogens (primary N) is 1. The average molecular weight is 251 g/mol. The van der Waals surface area contributed by atoms with Crippen LogP contribution in [0.5, 0.6) is 0 Å². The zero-order valence-corrected chi connectivity index (χ0v) is 11.2. The van der Waals surface area contributed by atoms with Crippen LogP contribution < -0.4 is 11.3 Å². The third kappa shape index (κ3) is 4.31. The number of hydrogen-bond donors (Lipinski definition) is 2. The first-order valence-corrected chi connectivity index (χ1v) is 5.87. The zero-order chi connectivity index (χ0) is 13.5.